The van der Waals surface area contributed by atoms with Crippen LogP contribution in [-0.4, -0.2) is 23.0 Å². The predicted octanol–water partition coefficient (Wildman–Crippen LogP) is 2.00. The number of rotatable bonds is 3. The van der Waals surface area contributed by atoms with Crippen molar-refractivity contribution in [3.8, 4) is 0 Å². The molecule has 0 atom stereocenters. The first-order chi connectivity index (χ1) is 8.72. The van der Waals surface area contributed by atoms with E-state index < -0.39 is 5.97 Å². The van der Waals surface area contributed by atoms with Crippen LogP contribution in [0.15, 0.2) is 46.7 Å². The molecule has 0 saturated carbocycles. The topological polar surface area (TPSA) is 78.1 Å². The molecule has 0 aliphatic rings. The molecule has 1 aromatic heterocycles. The molecule has 1 aromatic carbocycles. The van der Waals surface area contributed by atoms with Gasteiger partial charge >= 0.3 is 5.97 Å². The molecule has 18 heavy (non-hydrogen) atoms. The van der Waals surface area contributed by atoms with Gasteiger partial charge in [-0.1, -0.05) is 6.07 Å². The molecule has 5 nitrogen and oxygen atoms in total. The fraction of sp³-hybridized carbons (Fsp3) is 0.0833. The van der Waals surface area contributed by atoms with Crippen molar-refractivity contribution in [3.05, 3.63) is 42.2 Å². The van der Waals surface area contributed by atoms with Crippen LogP contribution in [0.1, 0.15) is 10.4 Å². The number of esters is 1. The molecule has 2 N–H and O–H groups in total. The Morgan fingerprint density at radius 1 is 1.28 bits per heavy atom. The van der Waals surface area contributed by atoms with Gasteiger partial charge in [0.1, 0.15) is 0 Å². The van der Waals surface area contributed by atoms with Crippen molar-refractivity contribution in [3.63, 3.8) is 0 Å². The highest BCUT2D eigenvalue weighted by atomic mass is 32.2. The minimum atomic E-state index is -0.455. The molecule has 2 aromatic rings. The van der Waals surface area contributed by atoms with Crippen LogP contribution in [0.5, 0.6) is 0 Å². The van der Waals surface area contributed by atoms with Crippen LogP contribution >= 0.6 is 11.8 Å². The van der Waals surface area contributed by atoms with Crippen molar-refractivity contribution in [1.82, 2.24) is 9.97 Å². The van der Waals surface area contributed by atoms with Crippen LogP contribution in [0.4, 0.5) is 5.69 Å². The predicted molar refractivity (Wildman–Crippen MR) is 68.3 cm³/mol. The van der Waals surface area contributed by atoms with E-state index in [4.69, 9.17) is 5.73 Å². The van der Waals surface area contributed by atoms with Crippen LogP contribution in [0.25, 0.3) is 0 Å². The second-order valence-electron chi connectivity index (χ2n) is 3.34. The standard InChI is InChI=1S/C12H11N3O2S/c1-17-11(16)8-4-2-5-9(10(8)13)18-12-14-6-3-7-15-12/h2-7H,13H2,1H3. The quantitative estimate of drug-likeness (QED) is 0.517. The van der Waals surface area contributed by atoms with Gasteiger partial charge in [-0.25, -0.2) is 14.8 Å². The van der Waals surface area contributed by atoms with Gasteiger partial charge in [-0.3, -0.25) is 0 Å². The van der Waals surface area contributed by atoms with Gasteiger partial charge in [0.15, 0.2) is 5.16 Å². The Morgan fingerprint density at radius 2 is 2.00 bits per heavy atom. The molecule has 0 radical (unpaired) electrons. The number of nitrogens with two attached hydrogens (primary N) is 1. The molecule has 1 heterocycles. The molecule has 6 heteroatoms. The lowest BCUT2D eigenvalue weighted by atomic mass is 10.2. The molecule has 0 aliphatic carbocycles. The van der Waals surface area contributed by atoms with Crippen LogP contribution in [-0.2, 0) is 4.74 Å². The summed E-state index contributed by atoms with van der Waals surface area (Å²) in [6.07, 6.45) is 3.30. The van der Waals surface area contributed by atoms with Gasteiger partial charge in [-0.05, 0) is 30.0 Å². The maximum absolute atomic E-state index is 11.5. The zero-order valence-electron chi connectivity index (χ0n) is 9.66. The summed E-state index contributed by atoms with van der Waals surface area (Å²) in [4.78, 5) is 20.4. The van der Waals surface area contributed by atoms with E-state index in [1.165, 1.54) is 18.9 Å². The first kappa shape index (κ1) is 12.4. The fourth-order valence-electron chi connectivity index (χ4n) is 1.36. The van der Waals surface area contributed by atoms with E-state index in [1.54, 1.807) is 30.6 Å². The normalized spacial score (nSPS) is 10.1. The Labute approximate surface area is 108 Å². The largest absolute Gasteiger partial charge is 0.465 e. The number of aromatic nitrogens is 2. The number of nitrogens with zero attached hydrogens (tertiary/aromatic N) is 2. The molecular weight excluding hydrogens is 250 g/mol. The van der Waals surface area contributed by atoms with Crippen molar-refractivity contribution in [2.24, 2.45) is 0 Å². The van der Waals surface area contributed by atoms with Gasteiger partial charge in [-0.2, -0.15) is 0 Å². The van der Waals surface area contributed by atoms with Gasteiger partial charge in [0, 0.05) is 17.3 Å². The molecule has 0 fully saturated rings. The smallest absolute Gasteiger partial charge is 0.339 e. The second kappa shape index (κ2) is 5.50. The van der Waals surface area contributed by atoms with Crippen LogP contribution in [0.2, 0.25) is 0 Å². The summed E-state index contributed by atoms with van der Waals surface area (Å²) < 4.78 is 4.66. The van der Waals surface area contributed by atoms with Crippen LogP contribution in [0, 0.1) is 0 Å². The highest BCUT2D eigenvalue weighted by Crippen LogP contribution is 2.31. The Hall–Kier alpha value is -2.08. The lowest BCUT2D eigenvalue weighted by molar-refractivity contribution is 0.0601. The highest BCUT2D eigenvalue weighted by molar-refractivity contribution is 7.99. The number of anilines is 1. The average molecular weight is 261 g/mol. The Kier molecular flexibility index (Phi) is 3.78. The minimum Gasteiger partial charge on any atom is -0.465 e. The molecular formula is C12H11N3O2S. The van der Waals surface area contributed by atoms with E-state index in [-0.39, 0.29) is 0 Å². The third kappa shape index (κ3) is 2.60. The number of hydrogen-bond acceptors (Lipinski definition) is 6. The number of para-hydroxylation sites is 1. The average Bonchev–Trinajstić information content (AvgIpc) is 2.41. The van der Waals surface area contributed by atoms with Gasteiger partial charge in [0.05, 0.1) is 18.4 Å². The summed E-state index contributed by atoms with van der Waals surface area (Å²) in [6.45, 7) is 0. The maximum Gasteiger partial charge on any atom is 0.339 e. The van der Waals surface area contributed by atoms with Crippen LogP contribution in [0.3, 0.4) is 0 Å². The number of hydrogen-bond donors (Lipinski definition) is 1. The Bertz CT molecular complexity index is 561. The van der Waals surface area contributed by atoms with Crippen molar-refractivity contribution in [2.75, 3.05) is 12.8 Å². The second-order valence-corrected chi connectivity index (χ2v) is 4.35. The highest BCUT2D eigenvalue weighted by Gasteiger charge is 2.13. The minimum absolute atomic E-state index is 0.346. The number of nitrogen functional groups attached to an aromatic ring is 1. The number of benzene rings is 1. The molecule has 0 bridgehead atoms. The first-order valence-electron chi connectivity index (χ1n) is 5.14. The number of carbonyl (C=O) groups excluding carboxylic acids is 1. The molecule has 0 saturated heterocycles. The third-order valence-electron chi connectivity index (χ3n) is 2.21. The fourth-order valence-corrected chi connectivity index (χ4v) is 2.15. The summed E-state index contributed by atoms with van der Waals surface area (Å²) in [6, 6.07) is 6.91. The summed E-state index contributed by atoms with van der Waals surface area (Å²) in [5.74, 6) is -0.455. The number of carbonyl (C=O) groups is 1. The molecule has 92 valence electrons. The van der Waals surface area contributed by atoms with Gasteiger partial charge in [0.25, 0.3) is 0 Å². The van der Waals surface area contributed by atoms with E-state index in [0.29, 0.717) is 16.4 Å². The van der Waals surface area contributed by atoms with E-state index in [1.807, 2.05) is 6.07 Å². The summed E-state index contributed by atoms with van der Waals surface area (Å²) in [5, 5.41) is 0.575. The maximum atomic E-state index is 11.5. The molecule has 2 rings (SSSR count). The van der Waals surface area contributed by atoms with Gasteiger partial charge in [0.2, 0.25) is 0 Å². The van der Waals surface area contributed by atoms with E-state index in [0.717, 1.165) is 4.90 Å². The molecule has 0 aliphatic heterocycles. The monoisotopic (exact) mass is 261 g/mol. The third-order valence-corrected chi connectivity index (χ3v) is 3.18. The summed E-state index contributed by atoms with van der Waals surface area (Å²) in [5.41, 5.74) is 6.65. The van der Waals surface area contributed by atoms with Gasteiger partial charge < -0.3 is 10.5 Å². The van der Waals surface area contributed by atoms with Crippen molar-refractivity contribution >= 4 is 23.4 Å². The van der Waals surface area contributed by atoms with Crippen molar-refractivity contribution < 1.29 is 9.53 Å². The number of ether oxygens (including phenoxy) is 1. The zero-order chi connectivity index (χ0) is 13.0. The Morgan fingerprint density at radius 3 is 2.67 bits per heavy atom. The first-order valence-corrected chi connectivity index (χ1v) is 5.95. The lowest BCUT2D eigenvalue weighted by Crippen LogP contribution is -2.06. The summed E-state index contributed by atoms with van der Waals surface area (Å²) >= 11 is 1.30. The van der Waals surface area contributed by atoms with E-state index in [9.17, 15) is 4.79 Å². The Balaban J connectivity index is 2.32. The lowest BCUT2D eigenvalue weighted by Gasteiger charge is -2.08. The SMILES string of the molecule is COC(=O)c1cccc(Sc2ncccn2)c1N. The van der Waals surface area contributed by atoms with E-state index >= 15 is 0 Å². The van der Waals surface area contributed by atoms with Gasteiger partial charge in [-0.15, -0.1) is 0 Å². The number of methoxy groups -OCH3 is 1. The van der Waals surface area contributed by atoms with Crippen molar-refractivity contribution in [2.45, 2.75) is 10.1 Å². The zero-order valence-corrected chi connectivity index (χ0v) is 10.5. The van der Waals surface area contributed by atoms with E-state index in [2.05, 4.69) is 14.7 Å². The van der Waals surface area contributed by atoms with Crippen molar-refractivity contribution in [1.29, 1.82) is 0 Å². The molecule has 0 unspecified atom stereocenters. The van der Waals surface area contributed by atoms with Crippen LogP contribution < -0.4 is 5.73 Å². The molecule has 0 spiro atoms. The molecule has 0 amide bonds. The summed E-state index contributed by atoms with van der Waals surface area (Å²) in [7, 11) is 1.32.